The number of hydrogen-bond acceptors (Lipinski definition) is 2. The summed E-state index contributed by atoms with van der Waals surface area (Å²) in [5.74, 6) is 4.50. The molecule has 0 spiro atoms. The van der Waals surface area contributed by atoms with Crippen molar-refractivity contribution < 1.29 is 8.78 Å². The molecule has 0 radical (unpaired) electrons. The number of nitrogens with one attached hydrogen (secondary N) is 1. The number of hydrazine groups is 1. The lowest BCUT2D eigenvalue weighted by Crippen LogP contribution is -2.30. The average Bonchev–Trinajstić information content (AvgIpc) is 2.36. The van der Waals surface area contributed by atoms with Crippen molar-refractivity contribution in [1.29, 1.82) is 0 Å². The maximum atomic E-state index is 13.8. The van der Waals surface area contributed by atoms with E-state index < -0.39 is 17.7 Å². The van der Waals surface area contributed by atoms with Gasteiger partial charge in [-0.2, -0.15) is 0 Å². The van der Waals surface area contributed by atoms with E-state index in [-0.39, 0.29) is 5.56 Å². The first-order valence-corrected chi connectivity index (χ1v) is 6.49. The molecule has 0 aliphatic rings. The van der Waals surface area contributed by atoms with Crippen molar-refractivity contribution in [2.45, 2.75) is 13.0 Å². The lowest BCUT2D eigenvalue weighted by atomic mass is 9.98. The molecule has 1 atom stereocenters. The van der Waals surface area contributed by atoms with Crippen molar-refractivity contribution in [3.8, 4) is 0 Å². The molecular weight excluding hydrogens is 314 g/mol. The zero-order chi connectivity index (χ0) is 14.0. The minimum atomic E-state index is -0.620. The van der Waals surface area contributed by atoms with E-state index >= 15 is 0 Å². The van der Waals surface area contributed by atoms with E-state index in [2.05, 4.69) is 21.4 Å². The second-order valence-electron chi connectivity index (χ2n) is 4.29. The van der Waals surface area contributed by atoms with Crippen molar-refractivity contribution in [2.24, 2.45) is 5.84 Å². The van der Waals surface area contributed by atoms with Crippen LogP contribution < -0.4 is 11.3 Å². The SMILES string of the molecule is Cc1ccc(C(NN)c2cc(F)ccc2F)c(Br)c1. The van der Waals surface area contributed by atoms with E-state index in [4.69, 9.17) is 5.84 Å². The molecule has 100 valence electrons. The Kier molecular flexibility index (Phi) is 4.29. The fourth-order valence-corrected chi connectivity index (χ4v) is 2.67. The minimum absolute atomic E-state index is 0.173. The summed E-state index contributed by atoms with van der Waals surface area (Å²) >= 11 is 3.42. The van der Waals surface area contributed by atoms with Crippen molar-refractivity contribution in [2.75, 3.05) is 0 Å². The first-order chi connectivity index (χ1) is 9.02. The fourth-order valence-electron chi connectivity index (χ4n) is 1.95. The smallest absolute Gasteiger partial charge is 0.128 e. The van der Waals surface area contributed by atoms with Gasteiger partial charge in [-0.3, -0.25) is 5.84 Å². The van der Waals surface area contributed by atoms with Crippen LogP contribution in [0.5, 0.6) is 0 Å². The van der Waals surface area contributed by atoms with E-state index in [0.717, 1.165) is 33.8 Å². The molecule has 19 heavy (non-hydrogen) atoms. The molecule has 0 saturated heterocycles. The van der Waals surface area contributed by atoms with E-state index in [0.29, 0.717) is 0 Å². The van der Waals surface area contributed by atoms with Gasteiger partial charge in [0.05, 0.1) is 6.04 Å². The molecule has 0 amide bonds. The normalized spacial score (nSPS) is 12.5. The Bertz CT molecular complexity index is 602. The van der Waals surface area contributed by atoms with Gasteiger partial charge in [0.15, 0.2) is 0 Å². The highest BCUT2D eigenvalue weighted by Crippen LogP contribution is 2.30. The maximum absolute atomic E-state index is 13.8. The predicted molar refractivity (Wildman–Crippen MR) is 74.4 cm³/mol. The van der Waals surface area contributed by atoms with Crippen molar-refractivity contribution in [1.82, 2.24) is 5.43 Å². The van der Waals surface area contributed by atoms with Gasteiger partial charge in [0, 0.05) is 10.0 Å². The molecule has 3 N–H and O–H groups in total. The zero-order valence-electron chi connectivity index (χ0n) is 10.3. The van der Waals surface area contributed by atoms with Gasteiger partial charge in [-0.1, -0.05) is 28.1 Å². The molecule has 5 heteroatoms. The molecule has 2 aromatic rings. The van der Waals surface area contributed by atoms with Gasteiger partial charge in [0.25, 0.3) is 0 Å². The highest BCUT2D eigenvalue weighted by molar-refractivity contribution is 9.10. The summed E-state index contributed by atoms with van der Waals surface area (Å²) in [7, 11) is 0. The third-order valence-electron chi connectivity index (χ3n) is 2.90. The van der Waals surface area contributed by atoms with Gasteiger partial charge in [-0.05, 0) is 42.3 Å². The van der Waals surface area contributed by atoms with Crippen LogP contribution in [-0.2, 0) is 0 Å². The first-order valence-electron chi connectivity index (χ1n) is 5.70. The summed E-state index contributed by atoms with van der Waals surface area (Å²) in [5, 5.41) is 0. The molecule has 2 nitrogen and oxygen atoms in total. The predicted octanol–water partition coefficient (Wildman–Crippen LogP) is 3.59. The molecule has 0 aliphatic carbocycles. The topological polar surface area (TPSA) is 38.0 Å². The summed E-state index contributed by atoms with van der Waals surface area (Å²) < 4.78 is 27.9. The standard InChI is InChI=1S/C14H13BrF2N2/c1-8-2-4-10(12(15)6-8)14(19-18)11-7-9(16)3-5-13(11)17/h2-7,14,19H,18H2,1H3. The van der Waals surface area contributed by atoms with E-state index in [9.17, 15) is 8.78 Å². The van der Waals surface area contributed by atoms with Gasteiger partial charge in [0.2, 0.25) is 0 Å². The monoisotopic (exact) mass is 326 g/mol. The summed E-state index contributed by atoms with van der Waals surface area (Å²) in [6, 6.07) is 8.32. The second kappa shape index (κ2) is 5.77. The van der Waals surface area contributed by atoms with Gasteiger partial charge in [-0.15, -0.1) is 0 Å². The van der Waals surface area contributed by atoms with Gasteiger partial charge in [0.1, 0.15) is 11.6 Å². The number of benzene rings is 2. The Balaban J connectivity index is 2.52. The molecule has 1 unspecified atom stereocenters. The van der Waals surface area contributed by atoms with Gasteiger partial charge in [-0.25, -0.2) is 14.2 Å². The maximum Gasteiger partial charge on any atom is 0.128 e. The number of halogens is 3. The molecule has 2 rings (SSSR count). The second-order valence-corrected chi connectivity index (χ2v) is 5.14. The summed E-state index contributed by atoms with van der Waals surface area (Å²) in [6.07, 6.45) is 0. The third-order valence-corrected chi connectivity index (χ3v) is 3.59. The molecular formula is C14H13BrF2N2. The van der Waals surface area contributed by atoms with E-state index in [1.165, 1.54) is 0 Å². The molecule has 0 aliphatic heterocycles. The van der Waals surface area contributed by atoms with Crippen LogP contribution in [-0.4, -0.2) is 0 Å². The Morgan fingerprint density at radius 3 is 2.47 bits per heavy atom. The molecule has 2 aromatic carbocycles. The first kappa shape index (κ1) is 14.1. The zero-order valence-corrected chi connectivity index (χ0v) is 11.8. The van der Waals surface area contributed by atoms with Gasteiger partial charge >= 0.3 is 0 Å². The number of rotatable bonds is 3. The lowest BCUT2D eigenvalue weighted by molar-refractivity contribution is 0.545. The summed E-state index contributed by atoms with van der Waals surface area (Å²) in [4.78, 5) is 0. The number of aryl methyl sites for hydroxylation is 1. The summed E-state index contributed by atoms with van der Waals surface area (Å²) in [6.45, 7) is 1.95. The highest BCUT2D eigenvalue weighted by Gasteiger charge is 2.19. The van der Waals surface area contributed by atoms with E-state index in [1.54, 1.807) is 0 Å². The van der Waals surface area contributed by atoms with Crippen LogP contribution in [0.3, 0.4) is 0 Å². The van der Waals surface area contributed by atoms with Crippen LogP contribution in [0.25, 0.3) is 0 Å². The van der Waals surface area contributed by atoms with Crippen LogP contribution in [0, 0.1) is 18.6 Å². The number of hydrogen-bond donors (Lipinski definition) is 2. The molecule has 0 heterocycles. The Hall–Kier alpha value is -1.30. The van der Waals surface area contributed by atoms with Crippen molar-refractivity contribution >= 4 is 15.9 Å². The van der Waals surface area contributed by atoms with Crippen LogP contribution in [0.2, 0.25) is 0 Å². The Morgan fingerprint density at radius 1 is 1.11 bits per heavy atom. The minimum Gasteiger partial charge on any atom is -0.271 e. The van der Waals surface area contributed by atoms with Gasteiger partial charge < -0.3 is 0 Å². The van der Waals surface area contributed by atoms with Crippen LogP contribution in [0.15, 0.2) is 40.9 Å². The molecule has 0 aromatic heterocycles. The average molecular weight is 327 g/mol. The van der Waals surface area contributed by atoms with E-state index in [1.807, 2.05) is 25.1 Å². The van der Waals surface area contributed by atoms with Crippen LogP contribution in [0.4, 0.5) is 8.78 Å². The number of nitrogens with two attached hydrogens (primary N) is 1. The molecule has 0 bridgehead atoms. The fraction of sp³-hybridized carbons (Fsp3) is 0.143. The third kappa shape index (κ3) is 3.00. The highest BCUT2D eigenvalue weighted by atomic mass is 79.9. The Morgan fingerprint density at radius 2 is 1.84 bits per heavy atom. The summed E-state index contributed by atoms with van der Waals surface area (Å²) in [5.41, 5.74) is 4.51. The van der Waals surface area contributed by atoms with Crippen molar-refractivity contribution in [3.05, 3.63) is 69.2 Å². The molecule has 0 saturated carbocycles. The van der Waals surface area contributed by atoms with Crippen LogP contribution >= 0.6 is 15.9 Å². The molecule has 0 fully saturated rings. The van der Waals surface area contributed by atoms with Crippen LogP contribution in [0.1, 0.15) is 22.7 Å². The largest absolute Gasteiger partial charge is 0.271 e. The quantitative estimate of drug-likeness (QED) is 0.668. The van der Waals surface area contributed by atoms with Crippen molar-refractivity contribution in [3.63, 3.8) is 0 Å². The lowest BCUT2D eigenvalue weighted by Gasteiger charge is -2.19. The Labute approximate surface area is 118 Å².